The highest BCUT2D eigenvalue weighted by Gasteiger charge is 2.23. The van der Waals surface area contributed by atoms with Crippen LogP contribution in [0.25, 0.3) is 0 Å². The Labute approximate surface area is 121 Å². The van der Waals surface area contributed by atoms with Gasteiger partial charge in [0.25, 0.3) is 5.69 Å². The second-order valence-corrected chi connectivity index (χ2v) is 6.23. The molecule has 20 heavy (non-hydrogen) atoms. The molecular weight excluding hydrogens is 304 g/mol. The third-order valence-electron chi connectivity index (χ3n) is 2.53. The molecule has 1 atom stereocenters. The summed E-state index contributed by atoms with van der Waals surface area (Å²) in [5.74, 6) is 0. The monoisotopic (exact) mass is 316 g/mol. The Hall–Kier alpha value is -1.65. The zero-order valence-electron chi connectivity index (χ0n) is 10.7. The number of aromatic amines is 1. The van der Waals surface area contributed by atoms with Crippen molar-refractivity contribution in [1.82, 2.24) is 14.8 Å². The van der Waals surface area contributed by atoms with Gasteiger partial charge in [0.2, 0.25) is 0 Å². The van der Waals surface area contributed by atoms with E-state index in [0.29, 0.717) is 20.8 Å². The lowest BCUT2D eigenvalue weighted by atomic mass is 10.3. The molecule has 0 bridgehead atoms. The van der Waals surface area contributed by atoms with Gasteiger partial charge in [-0.1, -0.05) is 0 Å². The molecule has 0 radical (unpaired) electrons. The molecule has 0 fully saturated rings. The summed E-state index contributed by atoms with van der Waals surface area (Å²) in [5, 5.41) is 27.1. The van der Waals surface area contributed by atoms with Gasteiger partial charge in [0.1, 0.15) is 4.21 Å². The van der Waals surface area contributed by atoms with E-state index >= 15 is 0 Å². The number of hydrogen-bond donors (Lipinski definition) is 2. The third-order valence-corrected chi connectivity index (χ3v) is 5.01. The Bertz CT molecular complexity index is 688. The topological polar surface area (TPSA) is 114 Å². The lowest BCUT2D eigenvalue weighted by molar-refractivity contribution is -0.387. The number of nitro groups is 1. The van der Waals surface area contributed by atoms with Crippen molar-refractivity contribution < 1.29 is 10.0 Å². The Morgan fingerprint density at radius 1 is 1.70 bits per heavy atom. The molecule has 0 aliphatic heterocycles. The molecule has 0 aliphatic rings. The van der Waals surface area contributed by atoms with Crippen molar-refractivity contribution in [1.29, 1.82) is 0 Å². The van der Waals surface area contributed by atoms with E-state index < -0.39 is 11.0 Å². The maximum Gasteiger partial charge on any atom is 0.343 e. The van der Waals surface area contributed by atoms with Crippen LogP contribution in [0.2, 0.25) is 0 Å². The average Bonchev–Trinajstić information content (AvgIpc) is 2.94. The van der Waals surface area contributed by atoms with Crippen molar-refractivity contribution in [2.75, 3.05) is 0 Å². The normalized spacial score (nSPS) is 12.6. The number of thiophene rings is 1. The van der Waals surface area contributed by atoms with Crippen LogP contribution in [0.1, 0.15) is 24.8 Å². The average molecular weight is 316 g/mol. The molecular formula is C10H12N4O4S2. The van der Waals surface area contributed by atoms with E-state index in [4.69, 9.17) is 0 Å². The van der Waals surface area contributed by atoms with Crippen LogP contribution < -0.4 is 5.69 Å². The molecule has 0 unspecified atom stereocenters. The summed E-state index contributed by atoms with van der Waals surface area (Å²) in [5.41, 5.74) is -0.445. The van der Waals surface area contributed by atoms with Crippen molar-refractivity contribution in [2.24, 2.45) is 0 Å². The molecule has 0 spiro atoms. The first-order valence-electron chi connectivity index (χ1n) is 5.73. The summed E-state index contributed by atoms with van der Waals surface area (Å²) < 4.78 is 1.77. The van der Waals surface area contributed by atoms with Crippen LogP contribution in [0.4, 0.5) is 5.69 Å². The molecule has 10 heteroatoms. The largest absolute Gasteiger partial charge is 0.388 e. The molecule has 2 rings (SSSR count). The maximum atomic E-state index is 11.5. The lowest BCUT2D eigenvalue weighted by Gasteiger charge is -1.99. The molecule has 2 aromatic rings. The van der Waals surface area contributed by atoms with E-state index in [1.54, 1.807) is 13.8 Å². The summed E-state index contributed by atoms with van der Waals surface area (Å²) in [7, 11) is 0. The molecule has 2 N–H and O–H groups in total. The predicted molar refractivity (Wildman–Crippen MR) is 74.3 cm³/mol. The summed E-state index contributed by atoms with van der Waals surface area (Å²) in [6.45, 7) is 3.74. The summed E-state index contributed by atoms with van der Waals surface area (Å²) >= 11 is 2.16. The van der Waals surface area contributed by atoms with Crippen LogP contribution in [-0.4, -0.2) is 24.8 Å². The molecule has 0 aliphatic carbocycles. The number of aromatic nitrogens is 3. The van der Waals surface area contributed by atoms with E-state index in [2.05, 4.69) is 10.2 Å². The van der Waals surface area contributed by atoms with Gasteiger partial charge in [-0.2, -0.15) is 0 Å². The zero-order chi connectivity index (χ0) is 14.9. The fraction of sp³-hybridized carbons (Fsp3) is 0.400. The number of H-pyrrole nitrogens is 1. The molecule has 0 saturated heterocycles. The minimum atomic E-state index is -0.777. The van der Waals surface area contributed by atoms with Crippen molar-refractivity contribution in [3.8, 4) is 0 Å². The quantitative estimate of drug-likeness (QED) is 0.642. The summed E-state index contributed by atoms with van der Waals surface area (Å²) in [6.07, 6.45) is -0.777. The number of hydrogen-bond acceptors (Lipinski definition) is 7. The highest BCUT2D eigenvalue weighted by atomic mass is 32.2. The Balaban J connectivity index is 2.42. The smallest absolute Gasteiger partial charge is 0.343 e. The fourth-order valence-corrected chi connectivity index (χ4v) is 3.82. The first-order chi connectivity index (χ1) is 9.43. The van der Waals surface area contributed by atoms with Crippen LogP contribution in [0, 0.1) is 10.1 Å². The first kappa shape index (κ1) is 14.8. The Kier molecular flexibility index (Phi) is 4.26. The van der Waals surface area contributed by atoms with Crippen molar-refractivity contribution in [2.45, 2.75) is 35.9 Å². The minimum Gasteiger partial charge on any atom is -0.388 e. The van der Waals surface area contributed by atoms with Crippen molar-refractivity contribution in [3.63, 3.8) is 0 Å². The predicted octanol–water partition coefficient (Wildman–Crippen LogP) is 1.77. The van der Waals surface area contributed by atoms with E-state index in [1.165, 1.54) is 10.6 Å². The van der Waals surface area contributed by atoms with Gasteiger partial charge in [0, 0.05) is 17.5 Å². The van der Waals surface area contributed by atoms with Crippen LogP contribution in [0.5, 0.6) is 0 Å². The fourth-order valence-electron chi connectivity index (χ4n) is 1.53. The number of nitrogens with one attached hydrogen (secondary N) is 1. The minimum absolute atomic E-state index is 0.0889. The van der Waals surface area contributed by atoms with Gasteiger partial charge in [0.05, 0.1) is 11.0 Å². The standard InChI is InChI=1S/C10H12N4O4S2/c1-3-13-9(16)11-12-10(13)20-8-6(14(17)18)4-7(19-8)5(2)15/h4-5,15H,3H2,1-2H3,(H,11,16)/t5-/m1/s1. The van der Waals surface area contributed by atoms with Crippen LogP contribution in [0.15, 0.2) is 20.2 Å². The molecule has 0 aromatic carbocycles. The van der Waals surface area contributed by atoms with Gasteiger partial charge in [-0.3, -0.25) is 14.7 Å². The Morgan fingerprint density at radius 2 is 2.40 bits per heavy atom. The number of nitrogens with zero attached hydrogens (tertiary/aromatic N) is 3. The zero-order valence-corrected chi connectivity index (χ0v) is 12.3. The first-order valence-corrected chi connectivity index (χ1v) is 7.36. The lowest BCUT2D eigenvalue weighted by Crippen LogP contribution is -2.15. The SMILES string of the molecule is CCn1c(Sc2sc([C@@H](C)O)cc2[N+](=O)[O-])n[nH]c1=O. The number of aliphatic hydroxyl groups is 1. The molecule has 8 nitrogen and oxygen atoms in total. The van der Waals surface area contributed by atoms with E-state index in [9.17, 15) is 20.0 Å². The number of aliphatic hydroxyl groups excluding tert-OH is 1. The maximum absolute atomic E-state index is 11.5. The second-order valence-electron chi connectivity index (χ2n) is 3.91. The molecule has 108 valence electrons. The second kappa shape index (κ2) is 5.77. The van der Waals surface area contributed by atoms with Crippen molar-refractivity contribution >= 4 is 28.8 Å². The highest BCUT2D eigenvalue weighted by molar-refractivity contribution is 8.01. The van der Waals surface area contributed by atoms with Gasteiger partial charge in [0.15, 0.2) is 5.16 Å². The third kappa shape index (κ3) is 2.76. The molecule has 2 heterocycles. The van der Waals surface area contributed by atoms with Gasteiger partial charge >= 0.3 is 5.69 Å². The van der Waals surface area contributed by atoms with E-state index in [0.717, 1.165) is 23.1 Å². The molecule has 0 amide bonds. The number of rotatable bonds is 5. The van der Waals surface area contributed by atoms with Crippen molar-refractivity contribution in [3.05, 3.63) is 31.5 Å². The van der Waals surface area contributed by atoms with E-state index in [-0.39, 0.29) is 11.4 Å². The highest BCUT2D eigenvalue weighted by Crippen LogP contribution is 2.42. The summed E-state index contributed by atoms with van der Waals surface area (Å²) in [6, 6.07) is 1.35. The van der Waals surface area contributed by atoms with Gasteiger partial charge in [-0.25, -0.2) is 9.89 Å². The van der Waals surface area contributed by atoms with E-state index in [1.807, 2.05) is 0 Å². The van der Waals surface area contributed by atoms with Gasteiger partial charge < -0.3 is 5.11 Å². The van der Waals surface area contributed by atoms with Crippen LogP contribution in [-0.2, 0) is 6.54 Å². The molecule has 2 aromatic heterocycles. The van der Waals surface area contributed by atoms with Gasteiger partial charge in [-0.05, 0) is 25.6 Å². The Morgan fingerprint density at radius 3 is 2.95 bits per heavy atom. The molecule has 0 saturated carbocycles. The van der Waals surface area contributed by atoms with Crippen LogP contribution in [0.3, 0.4) is 0 Å². The van der Waals surface area contributed by atoms with Gasteiger partial charge in [-0.15, -0.1) is 16.4 Å². The summed E-state index contributed by atoms with van der Waals surface area (Å²) in [4.78, 5) is 22.5. The van der Waals surface area contributed by atoms with Crippen LogP contribution >= 0.6 is 23.1 Å².